The normalized spacial score (nSPS) is 31.0. The van der Waals surface area contributed by atoms with Crippen LogP contribution in [0.1, 0.15) is 38.7 Å². The lowest BCUT2D eigenvalue weighted by Crippen LogP contribution is -2.53. The largest absolute Gasteiger partial charge is 0.389 e. The Labute approximate surface area is 140 Å². The van der Waals surface area contributed by atoms with Gasteiger partial charge in [-0.05, 0) is 44.7 Å². The highest BCUT2D eigenvalue weighted by Gasteiger charge is 2.53. The standard InChI is InChI=1S/C18H22O4S/c1-10(19)15-14(21)9-18(3,22)17(11(2)20)16(15)12-5-7-13(23-4)8-6-12/h5-8,15-17,22H,9H2,1-4H3/t15-,16-,17-,18-/m1/s1. The lowest BCUT2D eigenvalue weighted by atomic mass is 9.60. The number of thioether (sulfide) groups is 1. The van der Waals surface area contributed by atoms with Gasteiger partial charge < -0.3 is 5.11 Å². The molecule has 1 aromatic carbocycles. The van der Waals surface area contributed by atoms with E-state index in [2.05, 4.69) is 0 Å². The monoisotopic (exact) mass is 334 g/mol. The summed E-state index contributed by atoms with van der Waals surface area (Å²) in [5, 5.41) is 10.7. The molecule has 1 saturated carbocycles. The summed E-state index contributed by atoms with van der Waals surface area (Å²) in [5.74, 6) is -3.00. The number of carbonyl (C=O) groups excluding carboxylic acids is 3. The van der Waals surface area contributed by atoms with Crippen LogP contribution in [0, 0.1) is 11.8 Å². The Bertz CT molecular complexity index is 633. The van der Waals surface area contributed by atoms with Gasteiger partial charge in [-0.15, -0.1) is 11.8 Å². The molecule has 0 radical (unpaired) electrons. The molecule has 0 unspecified atom stereocenters. The van der Waals surface area contributed by atoms with Crippen LogP contribution in [0.15, 0.2) is 29.2 Å². The zero-order chi connectivity index (χ0) is 17.4. The van der Waals surface area contributed by atoms with Gasteiger partial charge in [0.15, 0.2) is 0 Å². The van der Waals surface area contributed by atoms with Gasteiger partial charge in [0.2, 0.25) is 0 Å². The second-order valence-electron chi connectivity index (χ2n) is 6.48. The molecule has 1 aliphatic carbocycles. The van der Waals surface area contributed by atoms with E-state index in [9.17, 15) is 19.5 Å². The molecule has 4 atom stereocenters. The van der Waals surface area contributed by atoms with Crippen molar-refractivity contribution in [2.75, 3.05) is 6.26 Å². The SMILES string of the molecule is CSc1ccc([C@@H]2[C@H](C(C)=O)C(=O)C[C@@](C)(O)[C@@H]2C(C)=O)cc1. The van der Waals surface area contributed by atoms with Crippen molar-refractivity contribution in [3.63, 3.8) is 0 Å². The number of rotatable bonds is 4. The molecule has 4 nitrogen and oxygen atoms in total. The summed E-state index contributed by atoms with van der Waals surface area (Å²) in [5.41, 5.74) is -0.686. The summed E-state index contributed by atoms with van der Waals surface area (Å²) in [6.07, 6.45) is 1.79. The third-order valence-electron chi connectivity index (χ3n) is 4.64. The molecule has 0 saturated heterocycles. The molecule has 1 aromatic rings. The molecule has 1 fully saturated rings. The Balaban J connectivity index is 2.58. The molecule has 0 bridgehead atoms. The van der Waals surface area contributed by atoms with Crippen LogP contribution in [-0.4, -0.2) is 34.3 Å². The minimum Gasteiger partial charge on any atom is -0.389 e. The Hall–Kier alpha value is -1.46. The molecule has 124 valence electrons. The summed E-state index contributed by atoms with van der Waals surface area (Å²) < 4.78 is 0. The van der Waals surface area contributed by atoms with Crippen molar-refractivity contribution in [3.8, 4) is 0 Å². The summed E-state index contributed by atoms with van der Waals surface area (Å²) in [6, 6.07) is 7.50. The van der Waals surface area contributed by atoms with Crippen LogP contribution in [-0.2, 0) is 14.4 Å². The minimum atomic E-state index is -1.43. The molecule has 0 aliphatic heterocycles. The van der Waals surface area contributed by atoms with E-state index < -0.39 is 23.4 Å². The van der Waals surface area contributed by atoms with Gasteiger partial charge >= 0.3 is 0 Å². The van der Waals surface area contributed by atoms with Gasteiger partial charge in [0.25, 0.3) is 0 Å². The van der Waals surface area contributed by atoms with E-state index >= 15 is 0 Å². The van der Waals surface area contributed by atoms with E-state index in [1.165, 1.54) is 20.8 Å². The van der Waals surface area contributed by atoms with Crippen molar-refractivity contribution >= 4 is 29.1 Å². The topological polar surface area (TPSA) is 71.4 Å². The average Bonchev–Trinajstić information content (AvgIpc) is 2.44. The van der Waals surface area contributed by atoms with Gasteiger partial charge in [-0.3, -0.25) is 14.4 Å². The highest BCUT2D eigenvalue weighted by atomic mass is 32.2. The molecule has 2 rings (SSSR count). The maximum atomic E-state index is 12.4. The van der Waals surface area contributed by atoms with E-state index in [0.717, 1.165) is 10.5 Å². The van der Waals surface area contributed by atoms with Crippen LogP contribution >= 0.6 is 11.8 Å². The number of benzene rings is 1. The third kappa shape index (κ3) is 3.40. The molecule has 1 N–H and O–H groups in total. The van der Waals surface area contributed by atoms with Gasteiger partial charge in [-0.2, -0.15) is 0 Å². The fraction of sp³-hybridized carbons (Fsp3) is 0.500. The Morgan fingerprint density at radius 3 is 2.17 bits per heavy atom. The van der Waals surface area contributed by atoms with E-state index in [4.69, 9.17) is 0 Å². The fourth-order valence-electron chi connectivity index (χ4n) is 3.73. The van der Waals surface area contributed by atoms with Gasteiger partial charge in [-0.25, -0.2) is 0 Å². The molecule has 0 spiro atoms. The number of carbonyl (C=O) groups is 3. The van der Waals surface area contributed by atoms with Crippen molar-refractivity contribution in [1.82, 2.24) is 0 Å². The molecule has 5 heteroatoms. The van der Waals surface area contributed by atoms with Crippen molar-refractivity contribution in [2.45, 2.75) is 43.6 Å². The van der Waals surface area contributed by atoms with E-state index in [-0.39, 0.29) is 23.8 Å². The van der Waals surface area contributed by atoms with Crippen molar-refractivity contribution in [3.05, 3.63) is 29.8 Å². The zero-order valence-electron chi connectivity index (χ0n) is 13.8. The first-order valence-corrected chi connectivity index (χ1v) is 8.81. The van der Waals surface area contributed by atoms with Crippen LogP contribution in [0.5, 0.6) is 0 Å². The van der Waals surface area contributed by atoms with E-state index in [0.29, 0.717) is 0 Å². The molecule has 0 aromatic heterocycles. The maximum Gasteiger partial charge on any atom is 0.146 e. The molecular formula is C18H22O4S. The molecule has 1 aliphatic rings. The zero-order valence-corrected chi connectivity index (χ0v) is 14.6. The number of Topliss-reactive ketones (excluding diaryl/α,β-unsaturated/α-hetero) is 3. The predicted molar refractivity (Wildman–Crippen MR) is 89.6 cm³/mol. The molecule has 0 heterocycles. The smallest absolute Gasteiger partial charge is 0.146 e. The quantitative estimate of drug-likeness (QED) is 0.677. The first-order chi connectivity index (χ1) is 10.7. The Morgan fingerprint density at radius 1 is 1.17 bits per heavy atom. The number of aliphatic hydroxyl groups is 1. The molecule has 23 heavy (non-hydrogen) atoms. The molecule has 0 amide bonds. The lowest BCUT2D eigenvalue weighted by molar-refractivity contribution is -0.151. The summed E-state index contributed by atoms with van der Waals surface area (Å²) in [7, 11) is 0. The van der Waals surface area contributed by atoms with Gasteiger partial charge in [0, 0.05) is 17.2 Å². The number of hydrogen-bond donors (Lipinski definition) is 1. The first kappa shape index (κ1) is 17.9. The van der Waals surface area contributed by atoms with Crippen molar-refractivity contribution in [2.24, 2.45) is 11.8 Å². The third-order valence-corrected chi connectivity index (χ3v) is 5.39. The minimum absolute atomic E-state index is 0.166. The summed E-state index contributed by atoms with van der Waals surface area (Å²) in [6.45, 7) is 4.30. The van der Waals surface area contributed by atoms with Crippen LogP contribution in [0.25, 0.3) is 0 Å². The van der Waals surface area contributed by atoms with E-state index in [1.54, 1.807) is 11.8 Å². The van der Waals surface area contributed by atoms with Crippen molar-refractivity contribution < 1.29 is 19.5 Å². The number of ketones is 3. The van der Waals surface area contributed by atoms with Crippen LogP contribution in [0.3, 0.4) is 0 Å². The average molecular weight is 334 g/mol. The Kier molecular flexibility index (Phi) is 5.11. The highest BCUT2D eigenvalue weighted by molar-refractivity contribution is 7.98. The first-order valence-electron chi connectivity index (χ1n) is 7.59. The molecular weight excluding hydrogens is 312 g/mol. The lowest BCUT2D eigenvalue weighted by Gasteiger charge is -2.44. The van der Waals surface area contributed by atoms with Crippen LogP contribution in [0.2, 0.25) is 0 Å². The van der Waals surface area contributed by atoms with Gasteiger partial charge in [0.05, 0.1) is 17.4 Å². The maximum absolute atomic E-state index is 12.4. The highest BCUT2D eigenvalue weighted by Crippen LogP contribution is 2.46. The fourth-order valence-corrected chi connectivity index (χ4v) is 4.14. The van der Waals surface area contributed by atoms with Gasteiger partial charge in [0.1, 0.15) is 17.3 Å². The summed E-state index contributed by atoms with van der Waals surface area (Å²) in [4.78, 5) is 37.8. The summed E-state index contributed by atoms with van der Waals surface area (Å²) >= 11 is 1.59. The number of hydrogen-bond acceptors (Lipinski definition) is 5. The van der Waals surface area contributed by atoms with E-state index in [1.807, 2.05) is 30.5 Å². The Morgan fingerprint density at radius 2 is 1.74 bits per heavy atom. The van der Waals surface area contributed by atoms with Crippen LogP contribution in [0.4, 0.5) is 0 Å². The second kappa shape index (κ2) is 6.57. The predicted octanol–water partition coefficient (Wildman–Crippen LogP) is 2.63. The second-order valence-corrected chi connectivity index (χ2v) is 7.36. The van der Waals surface area contributed by atoms with Gasteiger partial charge in [-0.1, -0.05) is 12.1 Å². The van der Waals surface area contributed by atoms with Crippen molar-refractivity contribution in [1.29, 1.82) is 0 Å². The van der Waals surface area contributed by atoms with Crippen LogP contribution < -0.4 is 0 Å².